The van der Waals surface area contributed by atoms with Gasteiger partial charge in [-0.3, -0.25) is 0 Å². The van der Waals surface area contributed by atoms with Gasteiger partial charge in [0.25, 0.3) is 0 Å². The lowest BCUT2D eigenvalue weighted by Gasteiger charge is -2.37. The molecule has 1 saturated heterocycles. The topological polar surface area (TPSA) is 64.3 Å². The Kier molecular flexibility index (Phi) is 3.78. The summed E-state index contributed by atoms with van der Waals surface area (Å²) in [6, 6.07) is 2.10. The van der Waals surface area contributed by atoms with Crippen LogP contribution >= 0.6 is 0 Å². The van der Waals surface area contributed by atoms with Gasteiger partial charge in [0.1, 0.15) is 0 Å². The smallest absolute Gasteiger partial charge is 0.228 e. The van der Waals surface area contributed by atoms with Crippen LogP contribution in [0.25, 0.3) is 0 Å². The van der Waals surface area contributed by atoms with Gasteiger partial charge in [0.2, 0.25) is 11.8 Å². The Hall–Kier alpha value is -1.36. The average molecular weight is 236 g/mol. The van der Waals surface area contributed by atoms with Crippen LogP contribution in [0.3, 0.4) is 0 Å². The zero-order valence-corrected chi connectivity index (χ0v) is 10.5. The number of nitrogens with zero attached hydrogens (tertiary/aromatic N) is 3. The van der Waals surface area contributed by atoms with E-state index in [2.05, 4.69) is 21.8 Å². The Morgan fingerprint density at radius 2 is 2.41 bits per heavy atom. The SMILES string of the molecule is COc1ccnc(N2CCC(C)CC2CN)n1. The fourth-order valence-corrected chi connectivity index (χ4v) is 2.32. The first-order valence-electron chi connectivity index (χ1n) is 6.08. The van der Waals surface area contributed by atoms with Crippen molar-refractivity contribution in [3.8, 4) is 5.88 Å². The number of methoxy groups -OCH3 is 1. The molecule has 2 rings (SSSR count). The molecule has 0 aromatic carbocycles. The summed E-state index contributed by atoms with van der Waals surface area (Å²) in [6.07, 6.45) is 4.00. The summed E-state index contributed by atoms with van der Waals surface area (Å²) >= 11 is 0. The van der Waals surface area contributed by atoms with E-state index in [4.69, 9.17) is 10.5 Å². The summed E-state index contributed by atoms with van der Waals surface area (Å²) in [5, 5.41) is 0. The maximum Gasteiger partial charge on any atom is 0.228 e. The van der Waals surface area contributed by atoms with Crippen molar-refractivity contribution < 1.29 is 4.74 Å². The van der Waals surface area contributed by atoms with E-state index in [9.17, 15) is 0 Å². The Morgan fingerprint density at radius 3 is 3.12 bits per heavy atom. The van der Waals surface area contributed by atoms with Gasteiger partial charge < -0.3 is 15.4 Å². The fraction of sp³-hybridized carbons (Fsp3) is 0.667. The molecule has 0 bridgehead atoms. The second kappa shape index (κ2) is 5.31. The maximum atomic E-state index is 5.84. The van der Waals surface area contributed by atoms with E-state index in [0.29, 0.717) is 18.5 Å². The lowest BCUT2D eigenvalue weighted by atomic mass is 9.93. The van der Waals surface area contributed by atoms with Gasteiger partial charge in [-0.1, -0.05) is 6.92 Å². The maximum absolute atomic E-state index is 5.84. The molecule has 0 amide bonds. The van der Waals surface area contributed by atoms with Crippen molar-refractivity contribution in [2.75, 3.05) is 25.1 Å². The third kappa shape index (κ3) is 2.66. The summed E-state index contributed by atoms with van der Waals surface area (Å²) in [6.45, 7) is 3.88. The molecule has 0 radical (unpaired) electrons. The normalized spacial score (nSPS) is 24.8. The lowest BCUT2D eigenvalue weighted by molar-refractivity contribution is 0.358. The van der Waals surface area contributed by atoms with Gasteiger partial charge in [0.05, 0.1) is 7.11 Å². The van der Waals surface area contributed by atoms with Gasteiger partial charge in [0.15, 0.2) is 0 Å². The van der Waals surface area contributed by atoms with E-state index in [1.807, 2.05) is 0 Å². The number of anilines is 1. The van der Waals surface area contributed by atoms with Crippen LogP contribution in [0, 0.1) is 5.92 Å². The van der Waals surface area contributed by atoms with E-state index in [-0.39, 0.29) is 0 Å². The monoisotopic (exact) mass is 236 g/mol. The minimum atomic E-state index is 0.339. The molecule has 1 fully saturated rings. The lowest BCUT2D eigenvalue weighted by Crippen LogP contribution is -2.47. The Balaban J connectivity index is 2.19. The molecule has 1 aliphatic heterocycles. The molecule has 1 aliphatic rings. The molecule has 0 spiro atoms. The van der Waals surface area contributed by atoms with Gasteiger partial charge in [-0.15, -0.1) is 0 Å². The minimum absolute atomic E-state index is 0.339. The molecule has 2 atom stereocenters. The first-order chi connectivity index (χ1) is 8.24. The van der Waals surface area contributed by atoms with Crippen LogP contribution in [0.1, 0.15) is 19.8 Å². The van der Waals surface area contributed by atoms with Crippen LogP contribution in [0.15, 0.2) is 12.3 Å². The Labute approximate surface area is 102 Å². The number of piperidine rings is 1. The van der Waals surface area contributed by atoms with E-state index in [0.717, 1.165) is 31.3 Å². The van der Waals surface area contributed by atoms with Gasteiger partial charge in [0, 0.05) is 31.4 Å². The predicted octanol–water partition coefficient (Wildman–Crippen LogP) is 1.05. The molecule has 2 unspecified atom stereocenters. The minimum Gasteiger partial charge on any atom is -0.481 e. The molecule has 1 aromatic rings. The summed E-state index contributed by atoms with van der Waals surface area (Å²) in [5.74, 6) is 2.06. The molecule has 94 valence electrons. The van der Waals surface area contributed by atoms with E-state index in [1.54, 1.807) is 19.4 Å². The van der Waals surface area contributed by atoms with Crippen molar-refractivity contribution in [2.45, 2.75) is 25.8 Å². The van der Waals surface area contributed by atoms with Crippen LogP contribution in [0.2, 0.25) is 0 Å². The van der Waals surface area contributed by atoms with Crippen LogP contribution in [-0.4, -0.2) is 36.2 Å². The van der Waals surface area contributed by atoms with Crippen molar-refractivity contribution in [3.63, 3.8) is 0 Å². The summed E-state index contributed by atoms with van der Waals surface area (Å²) in [7, 11) is 1.62. The fourth-order valence-electron chi connectivity index (χ4n) is 2.32. The molecule has 17 heavy (non-hydrogen) atoms. The summed E-state index contributed by atoms with van der Waals surface area (Å²) < 4.78 is 5.13. The standard InChI is InChI=1S/C12H20N4O/c1-9-4-6-16(10(7-9)8-13)12-14-5-3-11(15-12)17-2/h3,5,9-10H,4,6-8,13H2,1-2H3. The van der Waals surface area contributed by atoms with Crippen LogP contribution in [0.5, 0.6) is 5.88 Å². The molecule has 0 aliphatic carbocycles. The third-order valence-corrected chi connectivity index (χ3v) is 3.33. The molecule has 5 nitrogen and oxygen atoms in total. The van der Waals surface area contributed by atoms with Crippen LogP contribution < -0.4 is 15.4 Å². The largest absolute Gasteiger partial charge is 0.481 e. The second-order valence-electron chi connectivity index (χ2n) is 4.61. The molecule has 2 N–H and O–H groups in total. The third-order valence-electron chi connectivity index (χ3n) is 3.33. The first kappa shape index (κ1) is 12.1. The average Bonchev–Trinajstić information content (AvgIpc) is 2.38. The molecule has 2 heterocycles. The van der Waals surface area contributed by atoms with E-state index < -0.39 is 0 Å². The van der Waals surface area contributed by atoms with Gasteiger partial charge in [-0.25, -0.2) is 4.98 Å². The molecule has 5 heteroatoms. The number of hydrogen-bond donors (Lipinski definition) is 1. The van der Waals surface area contributed by atoms with Crippen molar-refractivity contribution >= 4 is 5.95 Å². The molecular formula is C12H20N4O. The highest BCUT2D eigenvalue weighted by Crippen LogP contribution is 2.25. The number of rotatable bonds is 3. The zero-order valence-electron chi connectivity index (χ0n) is 10.5. The van der Waals surface area contributed by atoms with Crippen LogP contribution in [-0.2, 0) is 0 Å². The Morgan fingerprint density at radius 1 is 1.59 bits per heavy atom. The number of hydrogen-bond acceptors (Lipinski definition) is 5. The highest BCUT2D eigenvalue weighted by atomic mass is 16.5. The van der Waals surface area contributed by atoms with Gasteiger partial charge in [-0.05, 0) is 18.8 Å². The summed E-state index contributed by atoms with van der Waals surface area (Å²) in [4.78, 5) is 10.9. The number of nitrogens with two attached hydrogens (primary N) is 1. The van der Waals surface area contributed by atoms with E-state index >= 15 is 0 Å². The second-order valence-corrected chi connectivity index (χ2v) is 4.61. The zero-order chi connectivity index (χ0) is 12.3. The van der Waals surface area contributed by atoms with Crippen molar-refractivity contribution in [3.05, 3.63) is 12.3 Å². The highest BCUT2D eigenvalue weighted by Gasteiger charge is 2.27. The number of aromatic nitrogens is 2. The van der Waals surface area contributed by atoms with Gasteiger partial charge >= 0.3 is 0 Å². The van der Waals surface area contributed by atoms with Crippen molar-refractivity contribution in [1.82, 2.24) is 9.97 Å². The van der Waals surface area contributed by atoms with Crippen molar-refractivity contribution in [2.24, 2.45) is 11.7 Å². The van der Waals surface area contributed by atoms with Crippen LogP contribution in [0.4, 0.5) is 5.95 Å². The van der Waals surface area contributed by atoms with Crippen molar-refractivity contribution in [1.29, 1.82) is 0 Å². The first-order valence-corrected chi connectivity index (χ1v) is 6.08. The molecule has 1 aromatic heterocycles. The highest BCUT2D eigenvalue weighted by molar-refractivity contribution is 5.34. The predicted molar refractivity (Wildman–Crippen MR) is 67.2 cm³/mol. The molecular weight excluding hydrogens is 216 g/mol. The number of ether oxygens (including phenoxy) is 1. The quantitative estimate of drug-likeness (QED) is 0.849. The van der Waals surface area contributed by atoms with E-state index in [1.165, 1.54) is 0 Å². The Bertz CT molecular complexity index is 371. The van der Waals surface area contributed by atoms with Gasteiger partial charge in [-0.2, -0.15) is 4.98 Å². The molecule has 0 saturated carbocycles. The summed E-state index contributed by atoms with van der Waals surface area (Å²) in [5.41, 5.74) is 5.84.